The molecule has 0 aliphatic rings. The Labute approximate surface area is 88.9 Å². The van der Waals surface area contributed by atoms with Crippen LogP contribution in [-0.2, 0) is 0 Å². The zero-order chi connectivity index (χ0) is 11.0. The molecule has 1 atom stereocenters. The van der Waals surface area contributed by atoms with Gasteiger partial charge in [-0.3, -0.25) is 0 Å². The average Bonchev–Trinajstić information content (AvgIpc) is 2.13. The topological polar surface area (TPSA) is 27.0 Å². The molecule has 1 unspecified atom stereocenters. The number of rotatable bonds is 7. The molecular formula is C12H24N2. The van der Waals surface area contributed by atoms with Gasteiger partial charge in [0.15, 0.2) is 0 Å². The summed E-state index contributed by atoms with van der Waals surface area (Å²) in [5.74, 6) is 1.44. The molecule has 0 rings (SSSR count). The van der Waals surface area contributed by atoms with Crippen LogP contribution in [0.4, 0.5) is 0 Å². The Bertz CT molecular complexity index is 170. The van der Waals surface area contributed by atoms with Gasteiger partial charge in [-0.2, -0.15) is 5.26 Å². The Hall–Kier alpha value is -0.550. The van der Waals surface area contributed by atoms with Crippen LogP contribution in [0.5, 0.6) is 0 Å². The Morgan fingerprint density at radius 2 is 1.86 bits per heavy atom. The van der Waals surface area contributed by atoms with E-state index < -0.39 is 0 Å². The largest absolute Gasteiger partial charge is 0.302 e. The van der Waals surface area contributed by atoms with Gasteiger partial charge in [-0.1, -0.05) is 34.1 Å². The monoisotopic (exact) mass is 196 g/mol. The minimum atomic E-state index is 0.656. The van der Waals surface area contributed by atoms with E-state index in [2.05, 4.69) is 38.7 Å². The number of hydrogen-bond acceptors (Lipinski definition) is 2. The summed E-state index contributed by atoms with van der Waals surface area (Å²) in [7, 11) is 0. The van der Waals surface area contributed by atoms with Crippen LogP contribution < -0.4 is 0 Å². The molecular weight excluding hydrogens is 172 g/mol. The number of nitrogens with zero attached hydrogens (tertiary/aromatic N) is 2. The quantitative estimate of drug-likeness (QED) is 0.626. The van der Waals surface area contributed by atoms with Crippen molar-refractivity contribution >= 4 is 0 Å². The second-order valence-electron chi connectivity index (χ2n) is 4.57. The molecule has 0 radical (unpaired) electrons. The first-order chi connectivity index (χ1) is 6.60. The first-order valence-corrected chi connectivity index (χ1v) is 5.69. The summed E-state index contributed by atoms with van der Waals surface area (Å²) in [6, 6.07) is 2.22. The predicted octanol–water partition coefficient (Wildman–Crippen LogP) is 2.90. The van der Waals surface area contributed by atoms with Gasteiger partial charge in [0.2, 0.25) is 0 Å². The van der Waals surface area contributed by atoms with Crippen LogP contribution in [0.1, 0.15) is 40.5 Å². The van der Waals surface area contributed by atoms with E-state index in [-0.39, 0.29) is 0 Å². The Morgan fingerprint density at radius 1 is 1.21 bits per heavy atom. The number of hydrogen-bond donors (Lipinski definition) is 0. The lowest BCUT2D eigenvalue weighted by Gasteiger charge is -2.25. The van der Waals surface area contributed by atoms with Gasteiger partial charge in [-0.05, 0) is 11.8 Å². The lowest BCUT2D eigenvalue weighted by molar-refractivity contribution is 0.215. The second kappa shape index (κ2) is 7.82. The standard InChI is InChI=1S/C12H24N2/c1-5-12(4)10-14(8-6-7-13)9-11(2)3/h11-12H,5-6,8-10H2,1-4H3. The fourth-order valence-electron chi connectivity index (χ4n) is 1.55. The molecule has 0 aromatic rings. The molecule has 0 heterocycles. The van der Waals surface area contributed by atoms with Crippen molar-refractivity contribution in [2.24, 2.45) is 11.8 Å². The highest BCUT2D eigenvalue weighted by Gasteiger charge is 2.09. The summed E-state index contributed by atoms with van der Waals surface area (Å²) in [4.78, 5) is 2.42. The van der Waals surface area contributed by atoms with Crippen molar-refractivity contribution in [2.45, 2.75) is 40.5 Å². The van der Waals surface area contributed by atoms with Crippen molar-refractivity contribution in [1.29, 1.82) is 5.26 Å². The van der Waals surface area contributed by atoms with Crippen LogP contribution in [-0.4, -0.2) is 24.5 Å². The maximum absolute atomic E-state index is 8.56. The fraction of sp³-hybridized carbons (Fsp3) is 0.917. The average molecular weight is 196 g/mol. The minimum Gasteiger partial charge on any atom is -0.302 e. The maximum atomic E-state index is 8.56. The van der Waals surface area contributed by atoms with Crippen molar-refractivity contribution in [1.82, 2.24) is 4.90 Å². The molecule has 82 valence electrons. The molecule has 2 nitrogen and oxygen atoms in total. The van der Waals surface area contributed by atoms with Gasteiger partial charge in [-0.15, -0.1) is 0 Å². The minimum absolute atomic E-state index is 0.656. The first kappa shape index (κ1) is 13.4. The van der Waals surface area contributed by atoms with Crippen LogP contribution in [0.2, 0.25) is 0 Å². The van der Waals surface area contributed by atoms with Crippen molar-refractivity contribution in [3.05, 3.63) is 0 Å². The van der Waals surface area contributed by atoms with E-state index in [0.717, 1.165) is 25.6 Å². The van der Waals surface area contributed by atoms with E-state index >= 15 is 0 Å². The molecule has 0 aromatic heterocycles. The van der Waals surface area contributed by atoms with Gasteiger partial charge in [-0.25, -0.2) is 0 Å². The number of nitriles is 1. The van der Waals surface area contributed by atoms with Crippen LogP contribution in [0, 0.1) is 23.2 Å². The van der Waals surface area contributed by atoms with E-state index in [1.54, 1.807) is 0 Å². The summed E-state index contributed by atoms with van der Waals surface area (Å²) < 4.78 is 0. The highest BCUT2D eigenvalue weighted by Crippen LogP contribution is 2.07. The zero-order valence-corrected chi connectivity index (χ0v) is 10.1. The van der Waals surface area contributed by atoms with E-state index in [9.17, 15) is 0 Å². The molecule has 2 heteroatoms. The molecule has 0 aliphatic carbocycles. The van der Waals surface area contributed by atoms with Gasteiger partial charge >= 0.3 is 0 Å². The van der Waals surface area contributed by atoms with Crippen LogP contribution >= 0.6 is 0 Å². The van der Waals surface area contributed by atoms with E-state index in [0.29, 0.717) is 12.3 Å². The van der Waals surface area contributed by atoms with Gasteiger partial charge in [0.25, 0.3) is 0 Å². The highest BCUT2D eigenvalue weighted by molar-refractivity contribution is 4.73. The van der Waals surface area contributed by atoms with Crippen LogP contribution in [0.25, 0.3) is 0 Å². The summed E-state index contributed by atoms with van der Waals surface area (Å²) in [6.07, 6.45) is 1.88. The van der Waals surface area contributed by atoms with Crippen molar-refractivity contribution < 1.29 is 0 Å². The second-order valence-corrected chi connectivity index (χ2v) is 4.57. The smallest absolute Gasteiger partial charge is 0.0635 e. The molecule has 14 heavy (non-hydrogen) atoms. The van der Waals surface area contributed by atoms with E-state index in [1.807, 2.05) is 0 Å². The normalized spacial score (nSPS) is 13.2. The lowest BCUT2D eigenvalue weighted by Crippen LogP contribution is -2.32. The summed E-state index contributed by atoms with van der Waals surface area (Å²) in [5, 5.41) is 8.56. The van der Waals surface area contributed by atoms with E-state index in [1.165, 1.54) is 6.42 Å². The molecule has 0 aliphatic heterocycles. The van der Waals surface area contributed by atoms with Gasteiger partial charge in [0.05, 0.1) is 6.07 Å². The van der Waals surface area contributed by atoms with Gasteiger partial charge < -0.3 is 4.90 Å². The maximum Gasteiger partial charge on any atom is 0.0635 e. The van der Waals surface area contributed by atoms with Crippen molar-refractivity contribution in [3.63, 3.8) is 0 Å². The van der Waals surface area contributed by atoms with Gasteiger partial charge in [0, 0.05) is 26.1 Å². The molecule has 0 N–H and O–H groups in total. The molecule has 0 aromatic carbocycles. The Morgan fingerprint density at radius 3 is 2.29 bits per heavy atom. The molecule has 0 bridgehead atoms. The van der Waals surface area contributed by atoms with Crippen LogP contribution in [0.15, 0.2) is 0 Å². The third-order valence-corrected chi connectivity index (χ3v) is 2.43. The van der Waals surface area contributed by atoms with Gasteiger partial charge in [0.1, 0.15) is 0 Å². The Balaban J connectivity index is 3.91. The molecule has 0 amide bonds. The molecule has 0 saturated carbocycles. The van der Waals surface area contributed by atoms with Crippen molar-refractivity contribution in [2.75, 3.05) is 19.6 Å². The highest BCUT2D eigenvalue weighted by atomic mass is 15.1. The summed E-state index contributed by atoms with van der Waals surface area (Å²) >= 11 is 0. The summed E-state index contributed by atoms with van der Waals surface area (Å²) in [5.41, 5.74) is 0. The first-order valence-electron chi connectivity index (χ1n) is 5.69. The third kappa shape index (κ3) is 6.91. The Kier molecular flexibility index (Phi) is 7.51. The molecule has 0 fully saturated rings. The predicted molar refractivity (Wildman–Crippen MR) is 61.0 cm³/mol. The SMILES string of the molecule is CCC(C)CN(CCC#N)CC(C)C. The van der Waals surface area contributed by atoms with Crippen molar-refractivity contribution in [3.8, 4) is 6.07 Å². The lowest BCUT2D eigenvalue weighted by atomic mass is 10.1. The third-order valence-electron chi connectivity index (χ3n) is 2.43. The van der Waals surface area contributed by atoms with Crippen LogP contribution in [0.3, 0.4) is 0 Å². The molecule has 0 saturated heterocycles. The zero-order valence-electron chi connectivity index (χ0n) is 10.1. The van der Waals surface area contributed by atoms with E-state index in [4.69, 9.17) is 5.26 Å². The summed E-state index contributed by atoms with van der Waals surface area (Å²) in [6.45, 7) is 12.1. The molecule has 0 spiro atoms. The fourth-order valence-corrected chi connectivity index (χ4v) is 1.55.